The molecular weight excluding hydrogens is 182 g/mol. The highest BCUT2D eigenvalue weighted by Gasteiger charge is 2.19. The zero-order valence-corrected chi connectivity index (χ0v) is 6.08. The largest absolute Gasteiger partial charge is 0.488 e. The van der Waals surface area contributed by atoms with Crippen LogP contribution in [0.15, 0.2) is 12.3 Å². The highest BCUT2D eigenvalue weighted by molar-refractivity contribution is 5.47. The third kappa shape index (κ3) is 1.67. The quantitative estimate of drug-likeness (QED) is 0.532. The molecule has 0 atom stereocenters. The fraction of sp³-hybridized carbons (Fsp3) is 0. The first kappa shape index (κ1) is 8.84. The summed E-state index contributed by atoms with van der Waals surface area (Å²) < 4.78 is 0. The minimum absolute atomic E-state index is 0.537. The maximum atomic E-state index is 10.2. The summed E-state index contributed by atoms with van der Waals surface area (Å²) in [6, 6.07) is 0.641. The molecular formula is C5H3N3O5. The highest BCUT2D eigenvalue weighted by atomic mass is 16.6. The van der Waals surface area contributed by atoms with Crippen molar-refractivity contribution in [1.29, 1.82) is 0 Å². The van der Waals surface area contributed by atoms with Gasteiger partial charge in [0.25, 0.3) is 11.6 Å². The smallest absolute Gasteiger partial charge is 0.337 e. The third-order valence-corrected chi connectivity index (χ3v) is 1.24. The van der Waals surface area contributed by atoms with Gasteiger partial charge in [0.1, 0.15) is 12.3 Å². The second-order valence-corrected chi connectivity index (χ2v) is 2.05. The lowest BCUT2D eigenvalue weighted by molar-refractivity contribution is -0.395. The van der Waals surface area contributed by atoms with Gasteiger partial charge in [-0.2, -0.15) is 0 Å². The minimum atomic E-state index is -0.949. The van der Waals surface area contributed by atoms with Gasteiger partial charge in [0, 0.05) is 0 Å². The van der Waals surface area contributed by atoms with Crippen molar-refractivity contribution in [2.24, 2.45) is 0 Å². The van der Waals surface area contributed by atoms with Crippen LogP contribution in [0.4, 0.5) is 11.4 Å². The van der Waals surface area contributed by atoms with Crippen LogP contribution in [0.5, 0.6) is 5.88 Å². The molecule has 0 saturated heterocycles. The zero-order valence-electron chi connectivity index (χ0n) is 6.08. The molecule has 0 aliphatic carbocycles. The van der Waals surface area contributed by atoms with Gasteiger partial charge in [0.2, 0.25) is 0 Å². The van der Waals surface area contributed by atoms with Crippen molar-refractivity contribution in [3.05, 3.63) is 32.5 Å². The Morgan fingerprint density at radius 2 is 1.92 bits per heavy atom. The molecule has 1 aromatic rings. The van der Waals surface area contributed by atoms with E-state index in [1.807, 2.05) is 0 Å². The number of hydrogen-bond acceptors (Lipinski definition) is 6. The lowest BCUT2D eigenvalue weighted by Gasteiger charge is -1.93. The monoisotopic (exact) mass is 185 g/mol. The normalized spacial score (nSPS) is 9.54. The highest BCUT2D eigenvalue weighted by Crippen LogP contribution is 2.26. The Balaban J connectivity index is 3.27. The Labute approximate surface area is 70.8 Å². The van der Waals surface area contributed by atoms with Crippen LogP contribution in [0.2, 0.25) is 0 Å². The van der Waals surface area contributed by atoms with E-state index in [-0.39, 0.29) is 0 Å². The Kier molecular flexibility index (Phi) is 2.05. The number of aromatic nitrogens is 1. The third-order valence-electron chi connectivity index (χ3n) is 1.24. The predicted molar refractivity (Wildman–Crippen MR) is 39.2 cm³/mol. The predicted octanol–water partition coefficient (Wildman–Crippen LogP) is 0.604. The first-order valence-corrected chi connectivity index (χ1v) is 3.00. The van der Waals surface area contributed by atoms with Gasteiger partial charge in [-0.3, -0.25) is 20.2 Å². The first-order valence-electron chi connectivity index (χ1n) is 3.00. The summed E-state index contributed by atoms with van der Waals surface area (Å²) in [5.74, 6) is -0.837. The molecule has 1 N–H and O–H groups in total. The lowest BCUT2D eigenvalue weighted by atomic mass is 10.4. The topological polar surface area (TPSA) is 119 Å². The second-order valence-electron chi connectivity index (χ2n) is 2.05. The standard InChI is InChI=1S/C5H3N3O5/c9-5-4(8(12)13)1-3(2-6-5)7(10)11/h1-2H,(H,6,9). The molecule has 0 aliphatic rings. The summed E-state index contributed by atoms with van der Waals surface area (Å²) in [4.78, 5) is 21.6. The van der Waals surface area contributed by atoms with Gasteiger partial charge in [-0.05, 0) is 0 Å². The van der Waals surface area contributed by atoms with Crippen LogP contribution in [0.25, 0.3) is 0 Å². The van der Waals surface area contributed by atoms with Crippen LogP contribution >= 0.6 is 0 Å². The van der Waals surface area contributed by atoms with E-state index in [1.54, 1.807) is 0 Å². The van der Waals surface area contributed by atoms with Crippen LogP contribution < -0.4 is 0 Å². The number of rotatable bonds is 2. The molecule has 1 aromatic heterocycles. The summed E-state index contributed by atoms with van der Waals surface area (Å²) in [5, 5.41) is 29.1. The molecule has 0 bridgehead atoms. The first-order chi connectivity index (χ1) is 6.02. The molecule has 68 valence electrons. The molecule has 13 heavy (non-hydrogen) atoms. The van der Waals surface area contributed by atoms with E-state index in [4.69, 9.17) is 5.11 Å². The van der Waals surface area contributed by atoms with Crippen molar-refractivity contribution in [2.45, 2.75) is 0 Å². The number of hydrogen-bond donors (Lipinski definition) is 1. The van der Waals surface area contributed by atoms with Crippen LogP contribution in [0.3, 0.4) is 0 Å². The van der Waals surface area contributed by atoms with Gasteiger partial charge in [0.15, 0.2) is 0 Å². The fourth-order valence-electron chi connectivity index (χ4n) is 0.670. The summed E-state index contributed by atoms with van der Waals surface area (Å²) in [6.45, 7) is 0. The van der Waals surface area contributed by atoms with Gasteiger partial charge in [-0.15, -0.1) is 0 Å². The fourth-order valence-corrected chi connectivity index (χ4v) is 0.670. The Morgan fingerprint density at radius 1 is 1.31 bits per heavy atom. The molecule has 0 amide bonds. The molecule has 0 saturated carbocycles. The molecule has 0 aromatic carbocycles. The average molecular weight is 185 g/mol. The second kappa shape index (κ2) is 3.01. The van der Waals surface area contributed by atoms with E-state index < -0.39 is 27.1 Å². The van der Waals surface area contributed by atoms with Gasteiger partial charge >= 0.3 is 5.69 Å². The van der Waals surface area contributed by atoms with Gasteiger partial charge in [-0.25, -0.2) is 4.98 Å². The molecule has 0 spiro atoms. The van der Waals surface area contributed by atoms with Gasteiger partial charge < -0.3 is 5.11 Å². The molecule has 8 heteroatoms. The van der Waals surface area contributed by atoms with E-state index in [1.165, 1.54) is 0 Å². The molecule has 0 fully saturated rings. The average Bonchev–Trinajstić information content (AvgIpc) is 2.04. The van der Waals surface area contributed by atoms with Crippen molar-refractivity contribution < 1.29 is 15.0 Å². The minimum Gasteiger partial charge on any atom is -0.488 e. The molecule has 0 aliphatic heterocycles. The Bertz CT molecular complexity index is 376. The molecule has 1 rings (SSSR count). The van der Waals surface area contributed by atoms with Crippen molar-refractivity contribution >= 4 is 11.4 Å². The van der Waals surface area contributed by atoms with Gasteiger partial charge in [-0.1, -0.05) is 0 Å². The summed E-state index contributed by atoms with van der Waals surface area (Å²) in [5.41, 5.74) is -1.32. The number of pyridine rings is 1. The summed E-state index contributed by atoms with van der Waals surface area (Å²) >= 11 is 0. The van der Waals surface area contributed by atoms with E-state index in [9.17, 15) is 20.2 Å². The summed E-state index contributed by atoms with van der Waals surface area (Å²) in [7, 11) is 0. The van der Waals surface area contributed by atoms with Crippen molar-refractivity contribution in [3.63, 3.8) is 0 Å². The van der Waals surface area contributed by atoms with E-state index in [0.29, 0.717) is 6.07 Å². The maximum absolute atomic E-state index is 10.2. The zero-order chi connectivity index (χ0) is 10.0. The van der Waals surface area contributed by atoms with Crippen LogP contribution in [-0.4, -0.2) is 19.9 Å². The molecule has 0 unspecified atom stereocenters. The van der Waals surface area contributed by atoms with E-state index in [2.05, 4.69) is 4.98 Å². The Morgan fingerprint density at radius 3 is 2.38 bits per heavy atom. The van der Waals surface area contributed by atoms with Crippen LogP contribution in [0, 0.1) is 20.2 Å². The van der Waals surface area contributed by atoms with Crippen molar-refractivity contribution in [1.82, 2.24) is 4.98 Å². The van der Waals surface area contributed by atoms with Gasteiger partial charge in [0.05, 0.1) is 9.85 Å². The van der Waals surface area contributed by atoms with Crippen molar-refractivity contribution in [2.75, 3.05) is 0 Å². The summed E-state index contributed by atoms with van der Waals surface area (Å²) in [6.07, 6.45) is 0.738. The van der Waals surface area contributed by atoms with Crippen LogP contribution in [0.1, 0.15) is 0 Å². The molecule has 8 nitrogen and oxygen atoms in total. The maximum Gasteiger partial charge on any atom is 0.337 e. The van der Waals surface area contributed by atoms with E-state index >= 15 is 0 Å². The van der Waals surface area contributed by atoms with Crippen LogP contribution in [-0.2, 0) is 0 Å². The molecule has 1 heterocycles. The number of nitro groups is 2. The van der Waals surface area contributed by atoms with Crippen molar-refractivity contribution in [3.8, 4) is 5.88 Å². The number of nitrogens with zero attached hydrogens (tertiary/aromatic N) is 3. The van der Waals surface area contributed by atoms with E-state index in [0.717, 1.165) is 6.20 Å². The SMILES string of the molecule is O=[N+]([O-])c1cnc(O)c([N+](=O)[O-])c1. The number of aromatic hydroxyl groups is 1. The Hall–Kier alpha value is -2.25. The lowest BCUT2D eigenvalue weighted by Crippen LogP contribution is -1.94. The molecule has 0 radical (unpaired) electrons.